The van der Waals surface area contributed by atoms with Crippen molar-refractivity contribution in [2.75, 3.05) is 6.54 Å². The minimum absolute atomic E-state index is 0.425. The van der Waals surface area contributed by atoms with Crippen LogP contribution in [0.2, 0.25) is 5.02 Å². The zero-order chi connectivity index (χ0) is 14.4. The predicted octanol–water partition coefficient (Wildman–Crippen LogP) is 4.32. The zero-order valence-electron chi connectivity index (χ0n) is 11.9. The summed E-state index contributed by atoms with van der Waals surface area (Å²) in [5.41, 5.74) is 2.15. The lowest BCUT2D eigenvalue weighted by Gasteiger charge is -2.05. The van der Waals surface area contributed by atoms with Gasteiger partial charge in [-0.05, 0) is 49.7 Å². The van der Waals surface area contributed by atoms with Gasteiger partial charge in [-0.25, -0.2) is 0 Å². The Morgan fingerprint density at radius 1 is 1.30 bits per heavy atom. The van der Waals surface area contributed by atoms with Crippen LogP contribution in [0.5, 0.6) is 5.75 Å². The predicted molar refractivity (Wildman–Crippen MR) is 81.2 cm³/mol. The van der Waals surface area contributed by atoms with Crippen LogP contribution in [-0.4, -0.2) is 6.54 Å². The maximum Gasteiger partial charge on any atom is 0.146 e. The summed E-state index contributed by atoms with van der Waals surface area (Å²) >= 11 is 5.98. The van der Waals surface area contributed by atoms with E-state index in [2.05, 4.69) is 12.2 Å². The number of benzene rings is 1. The highest BCUT2D eigenvalue weighted by Gasteiger charge is 2.04. The summed E-state index contributed by atoms with van der Waals surface area (Å²) in [5.74, 6) is 1.62. The first-order chi connectivity index (χ1) is 9.69. The van der Waals surface area contributed by atoms with Gasteiger partial charge in [0.15, 0.2) is 0 Å². The maximum atomic E-state index is 5.98. The molecule has 0 aliphatic carbocycles. The highest BCUT2D eigenvalue weighted by molar-refractivity contribution is 6.31. The van der Waals surface area contributed by atoms with Crippen LogP contribution < -0.4 is 10.1 Å². The number of halogens is 1. The van der Waals surface area contributed by atoms with Gasteiger partial charge in [0, 0.05) is 17.1 Å². The first-order valence-corrected chi connectivity index (χ1v) is 7.22. The van der Waals surface area contributed by atoms with Crippen LogP contribution >= 0.6 is 11.6 Å². The van der Waals surface area contributed by atoms with Crippen LogP contribution in [0.25, 0.3) is 0 Å². The zero-order valence-corrected chi connectivity index (χ0v) is 12.7. The molecule has 3 nitrogen and oxygen atoms in total. The molecule has 0 radical (unpaired) electrons. The second-order valence-electron chi connectivity index (χ2n) is 4.80. The van der Waals surface area contributed by atoms with Gasteiger partial charge >= 0.3 is 0 Å². The Bertz CT molecular complexity index is 551. The molecule has 1 N–H and O–H groups in total. The average Bonchev–Trinajstić information content (AvgIpc) is 2.88. The minimum Gasteiger partial charge on any atom is -0.486 e. The molecule has 4 heteroatoms. The Labute approximate surface area is 124 Å². The van der Waals surface area contributed by atoms with Crippen molar-refractivity contribution in [3.63, 3.8) is 0 Å². The highest BCUT2D eigenvalue weighted by Crippen LogP contribution is 2.22. The number of furan rings is 1. The third-order valence-electron chi connectivity index (χ3n) is 2.97. The van der Waals surface area contributed by atoms with Gasteiger partial charge in [-0.15, -0.1) is 0 Å². The molecule has 0 amide bonds. The fourth-order valence-electron chi connectivity index (χ4n) is 1.87. The monoisotopic (exact) mass is 293 g/mol. The fourth-order valence-corrected chi connectivity index (χ4v) is 1.98. The van der Waals surface area contributed by atoms with E-state index in [9.17, 15) is 0 Å². The van der Waals surface area contributed by atoms with Crippen molar-refractivity contribution in [1.82, 2.24) is 5.32 Å². The molecule has 0 aliphatic rings. The molecular formula is C16H20ClNO2. The van der Waals surface area contributed by atoms with Gasteiger partial charge in [-0.1, -0.05) is 18.5 Å². The summed E-state index contributed by atoms with van der Waals surface area (Å²) in [7, 11) is 0. The maximum absolute atomic E-state index is 5.98. The van der Waals surface area contributed by atoms with Crippen LogP contribution in [0.4, 0.5) is 0 Å². The van der Waals surface area contributed by atoms with Crippen molar-refractivity contribution in [3.05, 3.63) is 52.4 Å². The Kier molecular flexibility index (Phi) is 5.50. The molecular weight excluding hydrogens is 274 g/mol. The van der Waals surface area contributed by atoms with Crippen molar-refractivity contribution in [3.8, 4) is 5.75 Å². The second-order valence-corrected chi connectivity index (χ2v) is 5.20. The Morgan fingerprint density at radius 2 is 2.15 bits per heavy atom. The molecule has 0 saturated carbocycles. The van der Waals surface area contributed by atoms with Crippen LogP contribution in [-0.2, 0) is 13.2 Å². The van der Waals surface area contributed by atoms with E-state index in [-0.39, 0.29) is 0 Å². The molecule has 2 rings (SSSR count). The summed E-state index contributed by atoms with van der Waals surface area (Å²) in [6, 6.07) is 7.65. The topological polar surface area (TPSA) is 34.4 Å². The first-order valence-electron chi connectivity index (χ1n) is 6.85. The van der Waals surface area contributed by atoms with Gasteiger partial charge in [0.1, 0.15) is 18.1 Å². The largest absolute Gasteiger partial charge is 0.486 e. The molecule has 0 saturated heterocycles. The quantitative estimate of drug-likeness (QED) is 0.772. The molecule has 0 unspecified atom stereocenters. The lowest BCUT2D eigenvalue weighted by atomic mass is 10.2. The summed E-state index contributed by atoms with van der Waals surface area (Å²) in [5, 5.41) is 4.09. The van der Waals surface area contributed by atoms with Crippen LogP contribution in [0.15, 0.2) is 34.9 Å². The first kappa shape index (κ1) is 14.9. The van der Waals surface area contributed by atoms with E-state index in [0.717, 1.165) is 47.2 Å². The molecule has 1 aromatic carbocycles. The van der Waals surface area contributed by atoms with Crippen LogP contribution in [0.1, 0.15) is 30.2 Å². The summed E-state index contributed by atoms with van der Waals surface area (Å²) in [4.78, 5) is 0. The molecule has 0 aliphatic heterocycles. The molecule has 1 heterocycles. The molecule has 0 fully saturated rings. The van der Waals surface area contributed by atoms with Gasteiger partial charge in [0.25, 0.3) is 0 Å². The molecule has 0 atom stereocenters. The standard InChI is InChI=1S/C16H20ClNO2/c1-3-6-18-9-13-8-15(19-10-13)11-20-14-4-5-16(17)12(2)7-14/h4-5,7-8,10,18H,3,6,9,11H2,1-2H3. The van der Waals surface area contributed by atoms with E-state index in [1.165, 1.54) is 0 Å². The average molecular weight is 294 g/mol. The van der Waals surface area contributed by atoms with Crippen molar-refractivity contribution >= 4 is 11.6 Å². The van der Waals surface area contributed by atoms with Gasteiger partial charge in [0.05, 0.1) is 6.26 Å². The molecule has 108 valence electrons. The number of nitrogens with one attached hydrogen (secondary N) is 1. The van der Waals surface area contributed by atoms with Gasteiger partial charge in [-0.3, -0.25) is 0 Å². The van der Waals surface area contributed by atoms with E-state index in [1.54, 1.807) is 6.26 Å². The molecule has 20 heavy (non-hydrogen) atoms. The lowest BCUT2D eigenvalue weighted by Crippen LogP contribution is -2.13. The Hall–Kier alpha value is -1.45. The molecule has 0 bridgehead atoms. The molecule has 2 aromatic rings. The fraction of sp³-hybridized carbons (Fsp3) is 0.375. The van der Waals surface area contributed by atoms with E-state index in [1.807, 2.05) is 31.2 Å². The van der Waals surface area contributed by atoms with Gasteiger partial charge < -0.3 is 14.5 Å². The van der Waals surface area contributed by atoms with Crippen LogP contribution in [0.3, 0.4) is 0 Å². The normalized spacial score (nSPS) is 10.8. The third kappa shape index (κ3) is 4.29. The second kappa shape index (κ2) is 7.36. The van der Waals surface area contributed by atoms with Gasteiger partial charge in [-0.2, -0.15) is 0 Å². The molecule has 0 spiro atoms. The van der Waals surface area contributed by atoms with E-state index in [0.29, 0.717) is 6.61 Å². The van der Waals surface area contributed by atoms with E-state index < -0.39 is 0 Å². The minimum atomic E-state index is 0.425. The SMILES string of the molecule is CCCNCc1coc(COc2ccc(Cl)c(C)c2)c1. The molecule has 1 aromatic heterocycles. The third-order valence-corrected chi connectivity index (χ3v) is 3.40. The number of rotatable bonds is 7. The van der Waals surface area contributed by atoms with E-state index in [4.69, 9.17) is 20.8 Å². The Balaban J connectivity index is 1.85. The summed E-state index contributed by atoms with van der Waals surface area (Å²) in [6.07, 6.45) is 2.90. The summed E-state index contributed by atoms with van der Waals surface area (Å²) < 4.78 is 11.2. The van der Waals surface area contributed by atoms with Gasteiger partial charge in [0.2, 0.25) is 0 Å². The number of hydrogen-bond acceptors (Lipinski definition) is 3. The van der Waals surface area contributed by atoms with E-state index >= 15 is 0 Å². The smallest absolute Gasteiger partial charge is 0.146 e. The van der Waals surface area contributed by atoms with Crippen LogP contribution in [0, 0.1) is 6.92 Å². The summed E-state index contributed by atoms with van der Waals surface area (Å²) in [6.45, 7) is 6.38. The van der Waals surface area contributed by atoms with Crippen molar-refractivity contribution in [2.45, 2.75) is 33.4 Å². The number of aryl methyl sites for hydroxylation is 1. The van der Waals surface area contributed by atoms with Crippen molar-refractivity contribution in [1.29, 1.82) is 0 Å². The number of hydrogen-bond donors (Lipinski definition) is 1. The van der Waals surface area contributed by atoms with Crippen molar-refractivity contribution in [2.24, 2.45) is 0 Å². The Morgan fingerprint density at radius 3 is 2.90 bits per heavy atom. The number of ether oxygens (including phenoxy) is 1. The van der Waals surface area contributed by atoms with Crippen molar-refractivity contribution < 1.29 is 9.15 Å². The highest BCUT2D eigenvalue weighted by atomic mass is 35.5. The lowest BCUT2D eigenvalue weighted by molar-refractivity contribution is 0.270.